The summed E-state index contributed by atoms with van der Waals surface area (Å²) < 4.78 is 48.6. The molecule has 0 radical (unpaired) electrons. The molecule has 0 fully saturated rings. The second kappa shape index (κ2) is 7.24. The lowest BCUT2D eigenvalue weighted by molar-refractivity contribution is -0.141. The molecule has 1 heterocycles. The van der Waals surface area contributed by atoms with Crippen molar-refractivity contribution in [1.82, 2.24) is 9.97 Å². The molecule has 2 N–H and O–H groups in total. The standard InChI is InChI=1S/C15H16F3N3O3/c1-3-24-11-6-9(4-5-10(11)23-2)8-19-14-20-12(15(16,17)18)7-13(22)21-14/h4-7H,3,8H2,1-2H3,(H2,19,20,21,22). The van der Waals surface area contributed by atoms with Crippen molar-refractivity contribution in [3.05, 3.63) is 45.9 Å². The van der Waals surface area contributed by atoms with Gasteiger partial charge >= 0.3 is 6.18 Å². The molecule has 0 amide bonds. The Kier molecular flexibility index (Phi) is 5.32. The summed E-state index contributed by atoms with van der Waals surface area (Å²) in [7, 11) is 1.51. The fourth-order valence-electron chi connectivity index (χ4n) is 1.97. The maximum absolute atomic E-state index is 12.7. The zero-order chi connectivity index (χ0) is 17.7. The van der Waals surface area contributed by atoms with E-state index in [0.29, 0.717) is 24.2 Å². The summed E-state index contributed by atoms with van der Waals surface area (Å²) in [6.07, 6.45) is -4.69. The van der Waals surface area contributed by atoms with Crippen LogP contribution in [0.25, 0.3) is 0 Å². The Morgan fingerprint density at radius 1 is 1.25 bits per heavy atom. The Hall–Kier alpha value is -2.71. The van der Waals surface area contributed by atoms with Crippen molar-refractivity contribution in [1.29, 1.82) is 0 Å². The zero-order valence-corrected chi connectivity index (χ0v) is 13.0. The van der Waals surface area contributed by atoms with Gasteiger partial charge in [0.2, 0.25) is 5.95 Å². The van der Waals surface area contributed by atoms with E-state index in [1.165, 1.54) is 7.11 Å². The van der Waals surface area contributed by atoms with Crippen LogP contribution in [0, 0.1) is 0 Å². The van der Waals surface area contributed by atoms with Gasteiger partial charge in [-0.25, -0.2) is 4.98 Å². The van der Waals surface area contributed by atoms with Crippen LogP contribution in [-0.2, 0) is 12.7 Å². The lowest BCUT2D eigenvalue weighted by atomic mass is 10.2. The molecule has 0 unspecified atom stereocenters. The van der Waals surface area contributed by atoms with Gasteiger partial charge in [0.1, 0.15) is 0 Å². The molecule has 130 valence electrons. The highest BCUT2D eigenvalue weighted by molar-refractivity contribution is 5.44. The molecule has 9 heteroatoms. The topological polar surface area (TPSA) is 76.2 Å². The fraction of sp³-hybridized carbons (Fsp3) is 0.333. The maximum atomic E-state index is 12.7. The lowest BCUT2D eigenvalue weighted by Crippen LogP contribution is -2.18. The highest BCUT2D eigenvalue weighted by Crippen LogP contribution is 2.29. The van der Waals surface area contributed by atoms with Crippen LogP contribution in [0.15, 0.2) is 29.1 Å². The van der Waals surface area contributed by atoms with Crippen molar-refractivity contribution in [3.63, 3.8) is 0 Å². The van der Waals surface area contributed by atoms with Crippen LogP contribution in [0.1, 0.15) is 18.2 Å². The number of aromatic amines is 1. The Morgan fingerprint density at radius 2 is 2.00 bits per heavy atom. The smallest absolute Gasteiger partial charge is 0.433 e. The summed E-state index contributed by atoms with van der Waals surface area (Å²) in [5.41, 5.74) is -1.41. The summed E-state index contributed by atoms with van der Waals surface area (Å²) in [5.74, 6) is 0.805. The highest BCUT2D eigenvalue weighted by Gasteiger charge is 2.33. The average molecular weight is 343 g/mol. The minimum atomic E-state index is -4.69. The van der Waals surface area contributed by atoms with Crippen LogP contribution in [0.4, 0.5) is 19.1 Å². The van der Waals surface area contributed by atoms with E-state index in [0.717, 1.165) is 5.56 Å². The first-order chi connectivity index (χ1) is 11.3. The van der Waals surface area contributed by atoms with Crippen molar-refractivity contribution < 1.29 is 22.6 Å². The number of hydrogen-bond donors (Lipinski definition) is 2. The molecule has 0 bridgehead atoms. The van der Waals surface area contributed by atoms with Crippen LogP contribution < -0.4 is 20.3 Å². The van der Waals surface area contributed by atoms with Gasteiger partial charge in [-0.15, -0.1) is 0 Å². The molecule has 0 atom stereocenters. The van der Waals surface area contributed by atoms with Gasteiger partial charge in [0.05, 0.1) is 13.7 Å². The van der Waals surface area contributed by atoms with Gasteiger partial charge in [-0.2, -0.15) is 13.2 Å². The monoisotopic (exact) mass is 343 g/mol. The zero-order valence-electron chi connectivity index (χ0n) is 13.0. The first-order valence-electron chi connectivity index (χ1n) is 7.05. The molecule has 2 aromatic rings. The van der Waals surface area contributed by atoms with Gasteiger partial charge in [-0.1, -0.05) is 6.07 Å². The molecule has 24 heavy (non-hydrogen) atoms. The van der Waals surface area contributed by atoms with Crippen molar-refractivity contribution in [2.24, 2.45) is 0 Å². The number of rotatable bonds is 6. The molecular weight excluding hydrogens is 327 g/mol. The first kappa shape index (κ1) is 17.6. The van der Waals surface area contributed by atoms with E-state index in [4.69, 9.17) is 9.47 Å². The normalized spacial score (nSPS) is 11.2. The van der Waals surface area contributed by atoms with Crippen LogP contribution in [0.2, 0.25) is 0 Å². The molecule has 1 aromatic carbocycles. The molecule has 0 aliphatic rings. The van der Waals surface area contributed by atoms with Crippen LogP contribution in [-0.4, -0.2) is 23.7 Å². The summed E-state index contributed by atoms with van der Waals surface area (Å²) in [4.78, 5) is 16.9. The number of benzene rings is 1. The van der Waals surface area contributed by atoms with Gasteiger partial charge in [-0.3, -0.25) is 9.78 Å². The second-order valence-electron chi connectivity index (χ2n) is 4.75. The minimum absolute atomic E-state index is 0.147. The number of hydrogen-bond acceptors (Lipinski definition) is 5. The van der Waals surface area contributed by atoms with E-state index in [-0.39, 0.29) is 12.5 Å². The number of ether oxygens (including phenoxy) is 2. The number of halogens is 3. The number of nitrogens with zero attached hydrogens (tertiary/aromatic N) is 1. The Labute approximate surface area is 135 Å². The fourth-order valence-corrected chi connectivity index (χ4v) is 1.97. The Morgan fingerprint density at radius 3 is 2.62 bits per heavy atom. The number of H-pyrrole nitrogens is 1. The molecular formula is C15H16F3N3O3. The van der Waals surface area contributed by atoms with E-state index in [9.17, 15) is 18.0 Å². The van der Waals surface area contributed by atoms with Crippen molar-refractivity contribution in [2.45, 2.75) is 19.6 Å². The van der Waals surface area contributed by atoms with E-state index in [1.807, 2.05) is 6.92 Å². The van der Waals surface area contributed by atoms with Gasteiger partial charge < -0.3 is 14.8 Å². The number of alkyl halides is 3. The van der Waals surface area contributed by atoms with Gasteiger partial charge in [-0.05, 0) is 24.6 Å². The van der Waals surface area contributed by atoms with Crippen LogP contribution >= 0.6 is 0 Å². The summed E-state index contributed by atoms with van der Waals surface area (Å²) in [5, 5.41) is 2.66. The van der Waals surface area contributed by atoms with E-state index in [2.05, 4.69) is 15.3 Å². The third-order valence-electron chi connectivity index (χ3n) is 3.02. The van der Waals surface area contributed by atoms with Crippen molar-refractivity contribution >= 4 is 5.95 Å². The largest absolute Gasteiger partial charge is 0.493 e. The number of methoxy groups -OCH3 is 1. The van der Waals surface area contributed by atoms with E-state index < -0.39 is 17.4 Å². The quantitative estimate of drug-likeness (QED) is 0.843. The predicted molar refractivity (Wildman–Crippen MR) is 81.3 cm³/mol. The minimum Gasteiger partial charge on any atom is -0.493 e. The first-order valence-corrected chi connectivity index (χ1v) is 7.05. The highest BCUT2D eigenvalue weighted by atomic mass is 19.4. The summed E-state index contributed by atoms with van der Waals surface area (Å²) >= 11 is 0. The van der Waals surface area contributed by atoms with E-state index >= 15 is 0 Å². The number of aromatic nitrogens is 2. The summed E-state index contributed by atoms with van der Waals surface area (Å²) in [6, 6.07) is 5.51. The van der Waals surface area contributed by atoms with Gasteiger partial charge in [0.25, 0.3) is 5.56 Å². The number of anilines is 1. The maximum Gasteiger partial charge on any atom is 0.433 e. The van der Waals surface area contributed by atoms with E-state index in [1.54, 1.807) is 18.2 Å². The van der Waals surface area contributed by atoms with Crippen LogP contribution in [0.5, 0.6) is 11.5 Å². The van der Waals surface area contributed by atoms with Gasteiger partial charge in [0, 0.05) is 12.6 Å². The lowest BCUT2D eigenvalue weighted by Gasteiger charge is -2.12. The SMILES string of the molecule is CCOc1cc(CNc2nc(C(F)(F)F)cc(=O)[nH]2)ccc1OC. The molecule has 0 aliphatic heterocycles. The Bertz CT molecular complexity index is 760. The average Bonchev–Trinajstić information content (AvgIpc) is 2.52. The third-order valence-corrected chi connectivity index (χ3v) is 3.02. The van der Waals surface area contributed by atoms with Gasteiger partial charge in [0.15, 0.2) is 17.2 Å². The third kappa shape index (κ3) is 4.40. The molecule has 0 saturated carbocycles. The summed E-state index contributed by atoms with van der Waals surface area (Å²) in [6.45, 7) is 2.41. The van der Waals surface area contributed by atoms with Crippen molar-refractivity contribution in [2.75, 3.05) is 19.0 Å². The molecule has 0 aliphatic carbocycles. The molecule has 1 aromatic heterocycles. The molecule has 6 nitrogen and oxygen atoms in total. The molecule has 2 rings (SSSR count). The molecule has 0 spiro atoms. The predicted octanol–water partition coefficient (Wildman–Crippen LogP) is 2.81. The van der Waals surface area contributed by atoms with Crippen molar-refractivity contribution in [3.8, 4) is 11.5 Å². The second-order valence-corrected chi connectivity index (χ2v) is 4.75. The molecule has 0 saturated heterocycles. The Balaban J connectivity index is 2.18. The van der Waals surface area contributed by atoms with Crippen LogP contribution in [0.3, 0.4) is 0 Å². The number of nitrogens with one attached hydrogen (secondary N) is 2.